The maximum absolute atomic E-state index is 11.6. The van der Waals surface area contributed by atoms with E-state index in [1.165, 1.54) is 0 Å². The van der Waals surface area contributed by atoms with Crippen LogP contribution in [0.4, 0.5) is 11.4 Å². The van der Waals surface area contributed by atoms with Crippen LogP contribution in [0.5, 0.6) is 0 Å². The molecule has 0 aliphatic rings. The first kappa shape index (κ1) is 16.3. The van der Waals surface area contributed by atoms with E-state index in [0.717, 1.165) is 17.0 Å². The van der Waals surface area contributed by atoms with Crippen LogP contribution in [-0.4, -0.2) is 25.5 Å². The third kappa shape index (κ3) is 3.61. The van der Waals surface area contributed by atoms with Crippen LogP contribution in [0.3, 0.4) is 0 Å². The first-order chi connectivity index (χ1) is 9.65. The molecule has 0 aromatic carbocycles. The molecule has 0 radical (unpaired) electrons. The molecule has 1 rings (SSSR count). The van der Waals surface area contributed by atoms with Gasteiger partial charge in [-0.1, -0.05) is 13.8 Å². The molecule has 0 saturated carbocycles. The standard InChI is InChI=1S/C11H13N3O7/c1-6(2)3-7(11(16)17)12-4-8(13(18)19)10(15)9(5-12)14(20)21/h4-7H,3H2,1-2H3,(H,16,17)/t7-/m1/s1. The number of nitro groups is 2. The summed E-state index contributed by atoms with van der Waals surface area (Å²) in [6.45, 7) is 3.47. The van der Waals surface area contributed by atoms with Gasteiger partial charge in [0.15, 0.2) is 0 Å². The van der Waals surface area contributed by atoms with Crippen LogP contribution in [0.2, 0.25) is 0 Å². The Kier molecular flexibility index (Phi) is 4.74. The normalized spacial score (nSPS) is 12.1. The first-order valence-electron chi connectivity index (χ1n) is 5.92. The van der Waals surface area contributed by atoms with Crippen LogP contribution in [0, 0.1) is 26.1 Å². The summed E-state index contributed by atoms with van der Waals surface area (Å²) in [6, 6.07) is -1.23. The highest BCUT2D eigenvalue weighted by Gasteiger charge is 2.29. The Morgan fingerprint density at radius 1 is 1.24 bits per heavy atom. The quantitative estimate of drug-likeness (QED) is 0.615. The number of aliphatic carboxylic acids is 1. The van der Waals surface area contributed by atoms with Gasteiger partial charge >= 0.3 is 22.8 Å². The Morgan fingerprint density at radius 2 is 1.67 bits per heavy atom. The second-order valence-corrected chi connectivity index (χ2v) is 4.80. The lowest BCUT2D eigenvalue weighted by Crippen LogP contribution is -2.24. The zero-order chi connectivity index (χ0) is 16.3. The van der Waals surface area contributed by atoms with Crippen molar-refractivity contribution >= 4 is 17.3 Å². The predicted molar refractivity (Wildman–Crippen MR) is 70.1 cm³/mol. The van der Waals surface area contributed by atoms with E-state index in [2.05, 4.69) is 0 Å². The number of carboxylic acids is 1. The highest BCUT2D eigenvalue weighted by molar-refractivity contribution is 5.72. The van der Waals surface area contributed by atoms with Crippen molar-refractivity contribution in [1.82, 2.24) is 4.57 Å². The van der Waals surface area contributed by atoms with Crippen LogP contribution >= 0.6 is 0 Å². The van der Waals surface area contributed by atoms with E-state index in [-0.39, 0.29) is 12.3 Å². The van der Waals surface area contributed by atoms with E-state index in [9.17, 15) is 29.8 Å². The summed E-state index contributed by atoms with van der Waals surface area (Å²) in [6.07, 6.45) is 1.54. The second kappa shape index (κ2) is 6.11. The Balaban J connectivity index is 3.54. The van der Waals surface area contributed by atoms with Crippen LogP contribution in [0.1, 0.15) is 26.3 Å². The third-order valence-corrected chi connectivity index (χ3v) is 2.74. The minimum atomic E-state index is -1.35. The second-order valence-electron chi connectivity index (χ2n) is 4.80. The molecule has 0 unspecified atom stereocenters. The Morgan fingerprint density at radius 3 is 1.95 bits per heavy atom. The van der Waals surface area contributed by atoms with E-state index in [0.29, 0.717) is 0 Å². The maximum Gasteiger partial charge on any atom is 0.339 e. The van der Waals surface area contributed by atoms with Gasteiger partial charge in [0.2, 0.25) is 0 Å². The van der Waals surface area contributed by atoms with Gasteiger partial charge in [0, 0.05) is 0 Å². The SMILES string of the molecule is CC(C)C[C@H](C(=O)O)n1cc([N+](=O)[O-])c(=O)c([N+](=O)[O-])c1. The van der Waals surface area contributed by atoms with Crippen molar-refractivity contribution in [3.05, 3.63) is 42.8 Å². The molecule has 1 N–H and O–H groups in total. The molecule has 1 heterocycles. The largest absolute Gasteiger partial charge is 0.480 e. The van der Waals surface area contributed by atoms with Gasteiger partial charge in [-0.25, -0.2) is 4.79 Å². The molecule has 0 aliphatic heterocycles. The van der Waals surface area contributed by atoms with Crippen LogP contribution in [0.15, 0.2) is 17.2 Å². The van der Waals surface area contributed by atoms with Gasteiger partial charge in [-0.05, 0) is 12.3 Å². The van der Waals surface area contributed by atoms with Crippen molar-refractivity contribution < 1.29 is 19.7 Å². The molecule has 10 nitrogen and oxygen atoms in total. The zero-order valence-electron chi connectivity index (χ0n) is 11.3. The van der Waals surface area contributed by atoms with Crippen molar-refractivity contribution in [2.75, 3.05) is 0 Å². The molecule has 0 spiro atoms. The van der Waals surface area contributed by atoms with E-state index in [4.69, 9.17) is 5.11 Å². The zero-order valence-corrected chi connectivity index (χ0v) is 11.3. The number of pyridine rings is 1. The summed E-state index contributed by atoms with van der Waals surface area (Å²) >= 11 is 0. The predicted octanol–water partition coefficient (Wildman–Crippen LogP) is 1.34. The van der Waals surface area contributed by atoms with Crippen molar-refractivity contribution in [2.24, 2.45) is 5.92 Å². The van der Waals surface area contributed by atoms with Gasteiger partial charge in [0.1, 0.15) is 6.04 Å². The number of carboxylic acid groups (broad SMARTS) is 1. The molecular weight excluding hydrogens is 286 g/mol. The molecule has 114 valence electrons. The molecule has 21 heavy (non-hydrogen) atoms. The van der Waals surface area contributed by atoms with Crippen molar-refractivity contribution in [2.45, 2.75) is 26.3 Å². The minimum Gasteiger partial charge on any atom is -0.480 e. The van der Waals surface area contributed by atoms with Gasteiger partial charge in [-0.2, -0.15) is 0 Å². The Bertz CT molecular complexity index is 611. The van der Waals surface area contributed by atoms with Crippen molar-refractivity contribution in [1.29, 1.82) is 0 Å². The summed E-state index contributed by atoms with van der Waals surface area (Å²) in [5, 5.41) is 30.7. The van der Waals surface area contributed by atoms with E-state index >= 15 is 0 Å². The smallest absolute Gasteiger partial charge is 0.339 e. The van der Waals surface area contributed by atoms with E-state index in [1.807, 2.05) is 0 Å². The number of hydrogen-bond donors (Lipinski definition) is 1. The van der Waals surface area contributed by atoms with Gasteiger partial charge in [-0.3, -0.25) is 25.0 Å². The van der Waals surface area contributed by atoms with Gasteiger partial charge in [0.25, 0.3) is 0 Å². The highest BCUT2D eigenvalue weighted by atomic mass is 16.6. The number of carbonyl (C=O) groups is 1. The molecule has 0 saturated heterocycles. The lowest BCUT2D eigenvalue weighted by molar-refractivity contribution is -0.397. The lowest BCUT2D eigenvalue weighted by atomic mass is 10.0. The topological polar surface area (TPSA) is 146 Å². The number of aromatic nitrogens is 1. The summed E-state index contributed by atoms with van der Waals surface area (Å²) in [7, 11) is 0. The Hall–Kier alpha value is -2.78. The van der Waals surface area contributed by atoms with Gasteiger partial charge in [-0.15, -0.1) is 0 Å². The summed E-state index contributed by atoms with van der Waals surface area (Å²) in [4.78, 5) is 42.3. The fraction of sp³-hybridized carbons (Fsp3) is 0.455. The average Bonchev–Trinajstić information content (AvgIpc) is 2.35. The molecule has 0 aliphatic carbocycles. The molecule has 0 amide bonds. The monoisotopic (exact) mass is 299 g/mol. The Labute approximate surface area is 117 Å². The highest BCUT2D eigenvalue weighted by Crippen LogP contribution is 2.22. The summed E-state index contributed by atoms with van der Waals surface area (Å²) < 4.78 is 0.833. The minimum absolute atomic E-state index is 0.0661. The van der Waals surface area contributed by atoms with Gasteiger partial charge in [0.05, 0.1) is 22.2 Å². The van der Waals surface area contributed by atoms with Crippen LogP contribution in [-0.2, 0) is 4.79 Å². The molecular formula is C11H13N3O7. The summed E-state index contributed by atoms with van der Waals surface area (Å²) in [5.74, 6) is -1.36. The third-order valence-electron chi connectivity index (χ3n) is 2.74. The average molecular weight is 299 g/mol. The molecule has 1 aromatic heterocycles. The lowest BCUT2D eigenvalue weighted by Gasteiger charge is -2.17. The fourth-order valence-corrected chi connectivity index (χ4v) is 1.80. The first-order valence-corrected chi connectivity index (χ1v) is 5.92. The fourth-order valence-electron chi connectivity index (χ4n) is 1.80. The number of nitrogens with zero attached hydrogens (tertiary/aromatic N) is 3. The van der Waals surface area contributed by atoms with Gasteiger partial charge < -0.3 is 9.67 Å². The maximum atomic E-state index is 11.6. The van der Waals surface area contributed by atoms with Crippen LogP contribution in [0.25, 0.3) is 0 Å². The van der Waals surface area contributed by atoms with Crippen molar-refractivity contribution in [3.8, 4) is 0 Å². The number of rotatable bonds is 6. The molecule has 0 bridgehead atoms. The molecule has 0 fully saturated rings. The number of hydrogen-bond acceptors (Lipinski definition) is 6. The molecule has 10 heteroatoms. The van der Waals surface area contributed by atoms with E-state index < -0.39 is 38.7 Å². The van der Waals surface area contributed by atoms with E-state index in [1.54, 1.807) is 13.8 Å². The summed E-state index contributed by atoms with van der Waals surface area (Å²) in [5.41, 5.74) is -3.41. The molecule has 1 aromatic rings. The van der Waals surface area contributed by atoms with Crippen molar-refractivity contribution in [3.63, 3.8) is 0 Å². The molecule has 1 atom stereocenters. The van der Waals surface area contributed by atoms with Crippen LogP contribution < -0.4 is 5.43 Å².